The van der Waals surface area contributed by atoms with E-state index in [0.29, 0.717) is 17.0 Å². The summed E-state index contributed by atoms with van der Waals surface area (Å²) in [4.78, 5) is 8.12. The van der Waals surface area contributed by atoms with Crippen LogP contribution in [0.1, 0.15) is 5.56 Å². The Labute approximate surface area is 114 Å². The Morgan fingerprint density at radius 2 is 2.21 bits per heavy atom. The first kappa shape index (κ1) is 13.3. The van der Waals surface area contributed by atoms with Crippen LogP contribution in [0.2, 0.25) is 5.02 Å². The zero-order chi connectivity index (χ0) is 13.8. The largest absolute Gasteiger partial charge is 0.496 e. The van der Waals surface area contributed by atoms with E-state index in [-0.39, 0.29) is 10.9 Å². The highest BCUT2D eigenvalue weighted by Gasteiger charge is 2.07. The number of hydrogen-bond acceptors (Lipinski definition) is 3. The topological polar surface area (TPSA) is 60.5 Å². The van der Waals surface area contributed by atoms with Gasteiger partial charge in [-0.15, -0.1) is 0 Å². The fourth-order valence-electron chi connectivity index (χ4n) is 1.51. The van der Waals surface area contributed by atoms with Crippen molar-refractivity contribution < 1.29 is 9.13 Å². The van der Waals surface area contributed by atoms with Crippen molar-refractivity contribution in [2.45, 2.75) is 0 Å². The van der Waals surface area contributed by atoms with E-state index >= 15 is 0 Å². The molecule has 0 atom stereocenters. The normalized spacial score (nSPS) is 11.4. The van der Waals surface area contributed by atoms with Crippen LogP contribution in [0, 0.1) is 5.82 Å². The average Bonchev–Trinajstić information content (AvgIpc) is 2.43. The summed E-state index contributed by atoms with van der Waals surface area (Å²) in [6, 6.07) is 5.79. The van der Waals surface area contributed by atoms with Gasteiger partial charge < -0.3 is 10.5 Å². The van der Waals surface area contributed by atoms with E-state index in [0.717, 1.165) is 0 Å². The lowest BCUT2D eigenvalue weighted by Crippen LogP contribution is -2.14. The lowest BCUT2D eigenvalue weighted by Gasteiger charge is -2.06. The molecule has 6 heteroatoms. The minimum Gasteiger partial charge on any atom is -0.496 e. The summed E-state index contributed by atoms with van der Waals surface area (Å²) in [5.41, 5.74) is 6.90. The maximum atomic E-state index is 13.0. The number of ether oxygens (including phenoxy) is 1. The van der Waals surface area contributed by atoms with Gasteiger partial charge in [0.25, 0.3) is 0 Å². The predicted molar refractivity (Wildman–Crippen MR) is 72.6 cm³/mol. The van der Waals surface area contributed by atoms with Crippen molar-refractivity contribution in [1.82, 2.24) is 4.98 Å². The van der Waals surface area contributed by atoms with Crippen LogP contribution in [0.25, 0.3) is 0 Å². The number of aromatic nitrogens is 1. The summed E-state index contributed by atoms with van der Waals surface area (Å²) in [5, 5.41) is -0.00722. The number of methoxy groups -OCH3 is 1. The molecule has 1 aromatic carbocycles. The zero-order valence-corrected chi connectivity index (χ0v) is 10.9. The highest BCUT2D eigenvalue weighted by molar-refractivity contribution is 6.31. The first-order valence-electron chi connectivity index (χ1n) is 5.39. The van der Waals surface area contributed by atoms with Crippen molar-refractivity contribution in [2.75, 3.05) is 7.11 Å². The molecule has 2 N–H and O–H groups in total. The van der Waals surface area contributed by atoms with Crippen LogP contribution in [-0.2, 0) is 0 Å². The second-order valence-electron chi connectivity index (χ2n) is 3.67. The Kier molecular flexibility index (Phi) is 3.97. The molecule has 0 saturated heterocycles. The van der Waals surface area contributed by atoms with Crippen LogP contribution in [0.5, 0.6) is 5.75 Å². The smallest absolute Gasteiger partial charge is 0.141 e. The summed E-state index contributed by atoms with van der Waals surface area (Å²) in [5.74, 6) is 0.273. The number of halogens is 2. The predicted octanol–water partition coefficient (Wildman–Crippen LogP) is 2.92. The van der Waals surface area contributed by atoms with Crippen molar-refractivity contribution in [1.29, 1.82) is 0 Å². The summed E-state index contributed by atoms with van der Waals surface area (Å²) >= 11 is 5.68. The van der Waals surface area contributed by atoms with Gasteiger partial charge in [-0.1, -0.05) is 11.6 Å². The Hall–Kier alpha value is -2.14. The number of pyridine rings is 1. The molecule has 0 fully saturated rings. The van der Waals surface area contributed by atoms with Crippen molar-refractivity contribution in [3.05, 3.63) is 53.1 Å². The third kappa shape index (κ3) is 3.00. The molecule has 0 unspecified atom stereocenters. The molecule has 1 heterocycles. The van der Waals surface area contributed by atoms with E-state index in [2.05, 4.69) is 9.98 Å². The van der Waals surface area contributed by atoms with E-state index < -0.39 is 5.82 Å². The number of benzene rings is 1. The van der Waals surface area contributed by atoms with Gasteiger partial charge in [0.15, 0.2) is 0 Å². The molecule has 0 aliphatic heterocycles. The molecule has 2 aromatic rings. The Morgan fingerprint density at radius 3 is 2.89 bits per heavy atom. The minimum absolute atomic E-state index is 0.00722. The van der Waals surface area contributed by atoms with Crippen LogP contribution in [0.3, 0.4) is 0 Å². The number of nitrogens with zero attached hydrogens (tertiary/aromatic N) is 2. The Bertz CT molecular complexity index is 631. The van der Waals surface area contributed by atoms with E-state index in [9.17, 15) is 4.39 Å². The molecule has 0 aliphatic rings. The first-order valence-corrected chi connectivity index (χ1v) is 5.77. The van der Waals surface area contributed by atoms with Crippen LogP contribution in [0.15, 0.2) is 41.7 Å². The SMILES string of the molecule is COc1ccncc1C(N)=Nc1ccc(F)c(Cl)c1. The lowest BCUT2D eigenvalue weighted by molar-refractivity contribution is 0.413. The zero-order valence-electron chi connectivity index (χ0n) is 10.1. The summed E-state index contributed by atoms with van der Waals surface area (Å²) in [6.07, 6.45) is 3.13. The van der Waals surface area contributed by atoms with Gasteiger partial charge in [-0.25, -0.2) is 9.38 Å². The molecule has 0 spiro atoms. The van der Waals surface area contributed by atoms with Gasteiger partial charge in [0, 0.05) is 12.4 Å². The lowest BCUT2D eigenvalue weighted by atomic mass is 10.2. The van der Waals surface area contributed by atoms with E-state index in [1.54, 1.807) is 18.5 Å². The molecule has 98 valence electrons. The second-order valence-corrected chi connectivity index (χ2v) is 4.08. The van der Waals surface area contributed by atoms with Gasteiger partial charge >= 0.3 is 0 Å². The fourth-order valence-corrected chi connectivity index (χ4v) is 1.68. The quantitative estimate of drug-likeness (QED) is 0.694. The highest BCUT2D eigenvalue weighted by Crippen LogP contribution is 2.23. The Morgan fingerprint density at radius 1 is 1.42 bits per heavy atom. The van der Waals surface area contributed by atoms with Gasteiger partial charge in [-0.05, 0) is 24.3 Å². The standard InChI is InChI=1S/C13H11ClFN3O/c1-19-12-4-5-17-7-9(12)13(16)18-8-2-3-11(15)10(14)6-8/h2-7H,1H3,(H2,16,18). The van der Waals surface area contributed by atoms with Gasteiger partial charge in [0.05, 0.1) is 23.4 Å². The molecule has 0 bridgehead atoms. The molecule has 4 nitrogen and oxygen atoms in total. The van der Waals surface area contributed by atoms with E-state index in [1.807, 2.05) is 0 Å². The summed E-state index contributed by atoms with van der Waals surface area (Å²) in [7, 11) is 1.53. The number of rotatable bonds is 3. The molecule has 2 rings (SSSR count). The third-order valence-corrected chi connectivity index (χ3v) is 2.72. The van der Waals surface area contributed by atoms with Crippen LogP contribution in [0.4, 0.5) is 10.1 Å². The highest BCUT2D eigenvalue weighted by atomic mass is 35.5. The molecule has 0 amide bonds. The van der Waals surface area contributed by atoms with Crippen molar-refractivity contribution in [2.24, 2.45) is 10.7 Å². The second kappa shape index (κ2) is 5.67. The van der Waals surface area contributed by atoms with Crippen LogP contribution in [-0.4, -0.2) is 17.9 Å². The van der Waals surface area contributed by atoms with Crippen molar-refractivity contribution in [3.8, 4) is 5.75 Å². The average molecular weight is 280 g/mol. The van der Waals surface area contributed by atoms with E-state index in [1.165, 1.54) is 25.3 Å². The van der Waals surface area contributed by atoms with Gasteiger partial charge in [0.1, 0.15) is 17.4 Å². The fraction of sp³-hybridized carbons (Fsp3) is 0.0769. The third-order valence-electron chi connectivity index (χ3n) is 2.43. The molecule has 0 saturated carbocycles. The van der Waals surface area contributed by atoms with Gasteiger partial charge in [-0.2, -0.15) is 0 Å². The monoisotopic (exact) mass is 279 g/mol. The first-order chi connectivity index (χ1) is 9.11. The van der Waals surface area contributed by atoms with Crippen molar-refractivity contribution in [3.63, 3.8) is 0 Å². The molecule has 0 radical (unpaired) electrons. The van der Waals surface area contributed by atoms with Crippen LogP contribution >= 0.6 is 11.6 Å². The number of aliphatic imine (C=N–C) groups is 1. The van der Waals surface area contributed by atoms with E-state index in [4.69, 9.17) is 22.1 Å². The molecular weight excluding hydrogens is 269 g/mol. The number of nitrogens with two attached hydrogens (primary N) is 1. The summed E-state index contributed by atoms with van der Waals surface area (Å²) < 4.78 is 18.2. The number of hydrogen-bond donors (Lipinski definition) is 1. The Balaban J connectivity index is 2.39. The van der Waals surface area contributed by atoms with Crippen molar-refractivity contribution >= 4 is 23.1 Å². The maximum Gasteiger partial charge on any atom is 0.141 e. The summed E-state index contributed by atoms with van der Waals surface area (Å²) in [6.45, 7) is 0. The molecule has 0 aliphatic carbocycles. The van der Waals surface area contributed by atoms with Crippen LogP contribution < -0.4 is 10.5 Å². The van der Waals surface area contributed by atoms with Gasteiger partial charge in [0.2, 0.25) is 0 Å². The molecule has 19 heavy (non-hydrogen) atoms. The number of amidine groups is 1. The van der Waals surface area contributed by atoms with Gasteiger partial charge in [-0.3, -0.25) is 4.98 Å². The molecule has 1 aromatic heterocycles. The maximum absolute atomic E-state index is 13.0. The minimum atomic E-state index is -0.502. The molecular formula is C13H11ClFN3O.